The van der Waals surface area contributed by atoms with Crippen LogP contribution in [0.4, 0.5) is 0 Å². The van der Waals surface area contributed by atoms with E-state index in [1.165, 1.54) is 11.8 Å². The van der Waals surface area contributed by atoms with E-state index in [9.17, 15) is 0 Å². The summed E-state index contributed by atoms with van der Waals surface area (Å²) in [5.41, 5.74) is 9.35. The Morgan fingerprint density at radius 3 is 1.64 bits per heavy atom. The van der Waals surface area contributed by atoms with Gasteiger partial charge in [0.05, 0.1) is 22.1 Å². The van der Waals surface area contributed by atoms with Gasteiger partial charge in [-0.3, -0.25) is 0 Å². The van der Waals surface area contributed by atoms with Gasteiger partial charge >= 0.3 is 0 Å². The maximum absolute atomic E-state index is 5.32. The third kappa shape index (κ3) is 4.72. The number of H-pyrrole nitrogens is 2. The van der Waals surface area contributed by atoms with E-state index in [1.807, 2.05) is 48.5 Å². The average Bonchev–Trinajstić information content (AvgIpc) is 3.24. The fraction of sp³-hybridized carbons (Fsp3) is 0.176. The summed E-state index contributed by atoms with van der Waals surface area (Å²) in [5.74, 6) is 1.45. The molecule has 0 unspecified atom stereocenters. The van der Waals surface area contributed by atoms with Gasteiger partial charge in [-0.15, -0.1) is 0 Å². The smallest absolute Gasteiger partial charge is 0.174 e. The zero-order chi connectivity index (χ0) is 17.6. The summed E-state index contributed by atoms with van der Waals surface area (Å²) in [6.45, 7) is 0. The van der Waals surface area contributed by atoms with Gasteiger partial charge in [0.2, 0.25) is 0 Å². The highest BCUT2D eigenvalue weighted by molar-refractivity contribution is 7.99. The molecule has 4 rings (SSSR count). The first kappa shape index (κ1) is 18.2. The van der Waals surface area contributed by atoms with Crippen LogP contribution in [0.1, 0.15) is 0 Å². The number of rotatable bonds is 4. The topological polar surface area (TPSA) is 83.4 Å². The van der Waals surface area contributed by atoms with E-state index in [0.29, 0.717) is 0 Å². The Bertz CT molecular complexity index is 807. The molecule has 0 amide bonds. The van der Waals surface area contributed by atoms with Crippen molar-refractivity contribution < 1.29 is 0 Å². The van der Waals surface area contributed by atoms with Crippen LogP contribution in [0.2, 0.25) is 0 Å². The normalized spacial score (nSPS) is 11.0. The van der Waals surface area contributed by atoms with E-state index in [-0.39, 0.29) is 6.04 Å². The van der Waals surface area contributed by atoms with Gasteiger partial charge < -0.3 is 15.7 Å². The van der Waals surface area contributed by atoms with Crippen LogP contribution in [-0.4, -0.2) is 37.5 Å². The molecule has 0 aliphatic rings. The molecule has 2 aromatic carbocycles. The van der Waals surface area contributed by atoms with E-state index in [0.717, 1.165) is 43.9 Å². The molecule has 130 valence electrons. The molecule has 0 saturated heterocycles. The standard InChI is InChI=1S/C14H10N4S.C3H9NS2/c1-2-6-10-9(5-1)15-13(16-10)19-14-17-11-7-3-4-8-12(11)18-14;4-3(1-5)2-6/h1-8H,(H,15,16)(H,17,18);3,5-6H,1-2,4H2. The minimum absolute atomic E-state index is 0.164. The lowest BCUT2D eigenvalue weighted by atomic mass is 10.3. The van der Waals surface area contributed by atoms with Crippen molar-refractivity contribution in [2.24, 2.45) is 5.73 Å². The van der Waals surface area contributed by atoms with Crippen molar-refractivity contribution in [2.75, 3.05) is 11.5 Å². The molecule has 0 radical (unpaired) electrons. The molecule has 4 aromatic rings. The first-order chi connectivity index (χ1) is 12.2. The SMILES string of the molecule is NC(CS)CS.c1ccc2[nH]c(Sc3nc4ccccc4[nH]3)nc2c1. The molecule has 0 aliphatic carbocycles. The second-order valence-corrected chi connectivity index (χ2v) is 7.05. The fourth-order valence-electron chi connectivity index (χ4n) is 2.10. The summed E-state index contributed by atoms with van der Waals surface area (Å²) in [7, 11) is 0. The third-order valence-corrected chi connectivity index (χ3v) is 5.11. The van der Waals surface area contributed by atoms with Gasteiger partial charge in [0.25, 0.3) is 0 Å². The van der Waals surface area contributed by atoms with Crippen molar-refractivity contribution in [1.29, 1.82) is 0 Å². The second kappa shape index (κ2) is 8.66. The number of thiol groups is 2. The van der Waals surface area contributed by atoms with Crippen molar-refractivity contribution in [3.05, 3.63) is 48.5 Å². The molecule has 25 heavy (non-hydrogen) atoms. The van der Waals surface area contributed by atoms with Crippen molar-refractivity contribution in [2.45, 2.75) is 16.4 Å². The van der Waals surface area contributed by atoms with E-state index in [1.54, 1.807) is 0 Å². The second-order valence-electron chi connectivity index (χ2n) is 5.35. The average molecular weight is 390 g/mol. The van der Waals surface area contributed by atoms with Gasteiger partial charge in [0.1, 0.15) is 0 Å². The fourth-order valence-corrected chi connectivity index (χ4v) is 3.36. The molecular weight excluding hydrogens is 370 g/mol. The predicted molar refractivity (Wildman–Crippen MR) is 112 cm³/mol. The zero-order valence-electron chi connectivity index (χ0n) is 13.4. The van der Waals surface area contributed by atoms with Crippen molar-refractivity contribution in [3.8, 4) is 0 Å². The van der Waals surface area contributed by atoms with Gasteiger partial charge in [-0.2, -0.15) is 25.3 Å². The molecule has 2 heterocycles. The number of fused-ring (bicyclic) bond motifs is 2. The van der Waals surface area contributed by atoms with Crippen molar-refractivity contribution in [1.82, 2.24) is 19.9 Å². The molecule has 4 N–H and O–H groups in total. The molecule has 2 aromatic heterocycles. The molecule has 0 spiro atoms. The lowest BCUT2D eigenvalue weighted by molar-refractivity contribution is 0.866. The number of para-hydroxylation sites is 4. The largest absolute Gasteiger partial charge is 0.333 e. The molecule has 0 atom stereocenters. The summed E-state index contributed by atoms with van der Waals surface area (Å²) >= 11 is 9.35. The summed E-state index contributed by atoms with van der Waals surface area (Å²) < 4.78 is 0. The van der Waals surface area contributed by atoms with Crippen LogP contribution in [0.3, 0.4) is 0 Å². The predicted octanol–water partition coefficient (Wildman–Crippen LogP) is 3.76. The highest BCUT2D eigenvalue weighted by atomic mass is 32.2. The Morgan fingerprint density at radius 1 is 0.840 bits per heavy atom. The molecule has 0 fully saturated rings. The number of imidazole rings is 2. The van der Waals surface area contributed by atoms with E-state index in [4.69, 9.17) is 5.73 Å². The number of aromatic amines is 2. The van der Waals surface area contributed by atoms with Gasteiger partial charge in [0, 0.05) is 17.5 Å². The molecule has 0 aliphatic heterocycles. The van der Waals surface area contributed by atoms with E-state index >= 15 is 0 Å². The van der Waals surface area contributed by atoms with E-state index < -0.39 is 0 Å². The number of hydrogen-bond acceptors (Lipinski definition) is 6. The summed E-state index contributed by atoms with van der Waals surface area (Å²) in [6, 6.07) is 16.2. The number of aromatic nitrogens is 4. The minimum atomic E-state index is 0.164. The molecule has 5 nitrogen and oxygen atoms in total. The van der Waals surface area contributed by atoms with Crippen LogP contribution in [-0.2, 0) is 0 Å². The lowest BCUT2D eigenvalue weighted by Gasteiger charge is -1.98. The van der Waals surface area contributed by atoms with Gasteiger partial charge in [0.15, 0.2) is 10.3 Å². The first-order valence-electron chi connectivity index (χ1n) is 7.74. The maximum Gasteiger partial charge on any atom is 0.174 e. The van der Waals surface area contributed by atoms with Crippen LogP contribution in [0.5, 0.6) is 0 Å². The quantitative estimate of drug-likeness (QED) is 0.344. The monoisotopic (exact) mass is 389 g/mol. The number of nitrogens with zero attached hydrogens (tertiary/aromatic N) is 2. The number of benzene rings is 2. The minimum Gasteiger partial charge on any atom is -0.333 e. The lowest BCUT2D eigenvalue weighted by Crippen LogP contribution is -2.23. The van der Waals surface area contributed by atoms with Gasteiger partial charge in [-0.05, 0) is 36.0 Å². The molecule has 0 bridgehead atoms. The highest BCUT2D eigenvalue weighted by Gasteiger charge is 2.07. The number of nitrogens with two attached hydrogens (primary N) is 1. The summed E-state index contributed by atoms with van der Waals surface area (Å²) in [6.07, 6.45) is 0. The van der Waals surface area contributed by atoms with Crippen LogP contribution in [0, 0.1) is 0 Å². The number of nitrogens with one attached hydrogen (secondary N) is 2. The van der Waals surface area contributed by atoms with Gasteiger partial charge in [-0.1, -0.05) is 24.3 Å². The Kier molecular flexibility index (Phi) is 6.30. The maximum atomic E-state index is 5.32. The zero-order valence-corrected chi connectivity index (χ0v) is 16.0. The van der Waals surface area contributed by atoms with Gasteiger partial charge in [-0.25, -0.2) is 9.97 Å². The van der Waals surface area contributed by atoms with Crippen molar-refractivity contribution >= 4 is 59.1 Å². The Labute approximate surface area is 161 Å². The van der Waals surface area contributed by atoms with Crippen LogP contribution < -0.4 is 5.73 Å². The number of hydrogen-bond donors (Lipinski definition) is 5. The Hall–Kier alpha value is -1.61. The third-order valence-electron chi connectivity index (χ3n) is 3.40. The molecular formula is C17H19N5S3. The summed E-state index contributed by atoms with van der Waals surface area (Å²) in [4.78, 5) is 15.6. The van der Waals surface area contributed by atoms with Crippen molar-refractivity contribution in [3.63, 3.8) is 0 Å². The summed E-state index contributed by atoms with van der Waals surface area (Å²) in [5, 5.41) is 1.69. The Balaban J connectivity index is 0.000000265. The van der Waals surface area contributed by atoms with Crippen LogP contribution in [0.25, 0.3) is 22.1 Å². The molecule has 0 saturated carbocycles. The van der Waals surface area contributed by atoms with Crippen LogP contribution in [0.15, 0.2) is 58.8 Å². The Morgan fingerprint density at radius 2 is 1.28 bits per heavy atom. The van der Waals surface area contributed by atoms with E-state index in [2.05, 4.69) is 45.2 Å². The highest BCUT2D eigenvalue weighted by Crippen LogP contribution is 2.26. The van der Waals surface area contributed by atoms with Crippen LogP contribution >= 0.6 is 37.0 Å². The first-order valence-corrected chi connectivity index (χ1v) is 9.82. The molecule has 8 heteroatoms.